The number of sulfone groups is 1. The van der Waals surface area contributed by atoms with Crippen LogP contribution in [0.15, 0.2) is 0 Å². The van der Waals surface area contributed by atoms with Crippen molar-refractivity contribution < 1.29 is 13.5 Å². The summed E-state index contributed by atoms with van der Waals surface area (Å²) >= 11 is 0. The number of rotatable bonds is 5. The summed E-state index contributed by atoms with van der Waals surface area (Å²) in [5.41, 5.74) is 0. The van der Waals surface area contributed by atoms with Crippen LogP contribution in [-0.2, 0) is 9.84 Å². The molecular formula is C10H21NO3S. The topological polar surface area (TPSA) is 66.4 Å². The largest absolute Gasteiger partial charge is 0.395 e. The van der Waals surface area contributed by atoms with Crippen molar-refractivity contribution in [1.82, 2.24) is 5.32 Å². The van der Waals surface area contributed by atoms with Gasteiger partial charge in [0.1, 0.15) is 0 Å². The van der Waals surface area contributed by atoms with E-state index in [1.165, 1.54) is 6.26 Å². The molecule has 5 heteroatoms. The molecule has 4 nitrogen and oxygen atoms in total. The smallest absolute Gasteiger partial charge is 0.151 e. The first-order chi connectivity index (χ1) is 6.99. The van der Waals surface area contributed by atoms with Crippen LogP contribution in [-0.4, -0.2) is 43.7 Å². The molecule has 0 bridgehead atoms. The maximum Gasteiger partial charge on any atom is 0.151 e. The van der Waals surface area contributed by atoms with Gasteiger partial charge in [-0.05, 0) is 19.3 Å². The Kier molecular flexibility index (Phi) is 4.55. The fourth-order valence-corrected chi connectivity index (χ4v) is 3.64. The first kappa shape index (κ1) is 12.9. The lowest BCUT2D eigenvalue weighted by Crippen LogP contribution is -2.46. The Labute approximate surface area is 92.0 Å². The molecule has 0 aromatic rings. The van der Waals surface area contributed by atoms with Gasteiger partial charge in [0.15, 0.2) is 9.84 Å². The van der Waals surface area contributed by atoms with Gasteiger partial charge in [-0.2, -0.15) is 0 Å². The van der Waals surface area contributed by atoms with Crippen LogP contribution in [0, 0.1) is 0 Å². The molecule has 1 aliphatic rings. The molecule has 0 heterocycles. The Balaban J connectivity index is 2.61. The number of hydrogen-bond donors (Lipinski definition) is 2. The summed E-state index contributed by atoms with van der Waals surface area (Å²) in [6.45, 7) is 2.06. The quantitative estimate of drug-likeness (QED) is 0.720. The van der Waals surface area contributed by atoms with E-state index < -0.39 is 9.84 Å². The highest BCUT2D eigenvalue weighted by atomic mass is 32.2. The minimum Gasteiger partial charge on any atom is -0.395 e. The molecular weight excluding hydrogens is 214 g/mol. The summed E-state index contributed by atoms with van der Waals surface area (Å²) in [5, 5.41) is 12.0. The lowest BCUT2D eigenvalue weighted by molar-refractivity contribution is 0.228. The van der Waals surface area contributed by atoms with Crippen LogP contribution in [0.3, 0.4) is 0 Å². The van der Waals surface area contributed by atoms with Crippen molar-refractivity contribution in [2.75, 3.05) is 12.9 Å². The summed E-state index contributed by atoms with van der Waals surface area (Å²) < 4.78 is 23.0. The average molecular weight is 235 g/mol. The molecule has 2 N–H and O–H groups in total. The van der Waals surface area contributed by atoms with Gasteiger partial charge in [0.05, 0.1) is 11.9 Å². The van der Waals surface area contributed by atoms with E-state index in [9.17, 15) is 8.42 Å². The zero-order chi connectivity index (χ0) is 11.5. The highest BCUT2D eigenvalue weighted by molar-refractivity contribution is 7.91. The van der Waals surface area contributed by atoms with Crippen LogP contribution in [0.4, 0.5) is 0 Å². The predicted octanol–water partition coefficient (Wildman–Crippen LogP) is 0.313. The minimum absolute atomic E-state index is 0.0251. The lowest BCUT2D eigenvalue weighted by atomic mass is 10.1. The fourth-order valence-electron chi connectivity index (χ4n) is 2.23. The molecule has 1 saturated carbocycles. The zero-order valence-electron chi connectivity index (χ0n) is 9.44. The van der Waals surface area contributed by atoms with Crippen LogP contribution in [0.5, 0.6) is 0 Å². The van der Waals surface area contributed by atoms with E-state index in [0.29, 0.717) is 0 Å². The molecule has 0 saturated heterocycles. The maximum absolute atomic E-state index is 11.5. The van der Waals surface area contributed by atoms with Crippen molar-refractivity contribution in [3.8, 4) is 0 Å². The maximum atomic E-state index is 11.5. The van der Waals surface area contributed by atoms with Crippen molar-refractivity contribution in [1.29, 1.82) is 0 Å². The van der Waals surface area contributed by atoms with Gasteiger partial charge in [0.2, 0.25) is 0 Å². The van der Waals surface area contributed by atoms with E-state index in [0.717, 1.165) is 25.7 Å². The molecule has 0 spiro atoms. The Hall–Kier alpha value is -0.130. The second kappa shape index (κ2) is 5.27. The molecule has 0 amide bonds. The van der Waals surface area contributed by atoms with E-state index in [-0.39, 0.29) is 23.9 Å². The van der Waals surface area contributed by atoms with Gasteiger partial charge in [-0.1, -0.05) is 13.3 Å². The standard InChI is InChI=1S/C10H21NO3S/c1-3-8(7-12)11-9-5-4-6-10(9)15(2,13)14/h8-12H,3-7H2,1-2H3/t8-,9?,10?/m1/s1. The van der Waals surface area contributed by atoms with Crippen LogP contribution >= 0.6 is 0 Å². The van der Waals surface area contributed by atoms with E-state index in [1.54, 1.807) is 0 Å². The van der Waals surface area contributed by atoms with Gasteiger partial charge in [0, 0.05) is 18.3 Å². The van der Waals surface area contributed by atoms with Crippen molar-refractivity contribution in [3.05, 3.63) is 0 Å². The van der Waals surface area contributed by atoms with Crippen molar-refractivity contribution >= 4 is 9.84 Å². The summed E-state index contributed by atoms with van der Waals surface area (Å²) in [4.78, 5) is 0. The second-order valence-electron chi connectivity index (χ2n) is 4.36. The molecule has 0 aromatic carbocycles. The van der Waals surface area contributed by atoms with E-state index in [2.05, 4.69) is 5.32 Å². The average Bonchev–Trinajstić information content (AvgIpc) is 2.61. The zero-order valence-corrected chi connectivity index (χ0v) is 10.3. The van der Waals surface area contributed by atoms with E-state index in [1.807, 2.05) is 6.92 Å². The van der Waals surface area contributed by atoms with Gasteiger partial charge in [0.25, 0.3) is 0 Å². The van der Waals surface area contributed by atoms with E-state index >= 15 is 0 Å². The Morgan fingerprint density at radius 2 is 2.13 bits per heavy atom. The van der Waals surface area contributed by atoms with Crippen molar-refractivity contribution in [2.45, 2.75) is 49.9 Å². The van der Waals surface area contributed by atoms with Crippen LogP contribution < -0.4 is 5.32 Å². The summed E-state index contributed by atoms with van der Waals surface area (Å²) in [6, 6.07) is 0.0504. The first-order valence-electron chi connectivity index (χ1n) is 5.54. The molecule has 15 heavy (non-hydrogen) atoms. The normalized spacial score (nSPS) is 29.3. The predicted molar refractivity (Wildman–Crippen MR) is 60.6 cm³/mol. The second-order valence-corrected chi connectivity index (χ2v) is 6.62. The monoisotopic (exact) mass is 235 g/mol. The van der Waals surface area contributed by atoms with Gasteiger partial charge < -0.3 is 10.4 Å². The van der Waals surface area contributed by atoms with Crippen molar-refractivity contribution in [3.63, 3.8) is 0 Å². The number of aliphatic hydroxyl groups excluding tert-OH is 1. The van der Waals surface area contributed by atoms with Crippen molar-refractivity contribution in [2.24, 2.45) is 0 Å². The Bertz CT molecular complexity index is 285. The molecule has 2 unspecified atom stereocenters. The highest BCUT2D eigenvalue weighted by Gasteiger charge is 2.35. The molecule has 0 aliphatic heterocycles. The minimum atomic E-state index is -2.96. The van der Waals surface area contributed by atoms with Gasteiger partial charge in [-0.3, -0.25) is 0 Å². The molecule has 0 aromatic heterocycles. The number of hydrogen-bond acceptors (Lipinski definition) is 4. The molecule has 90 valence electrons. The number of aliphatic hydroxyl groups is 1. The third-order valence-electron chi connectivity index (χ3n) is 3.17. The van der Waals surface area contributed by atoms with E-state index in [4.69, 9.17) is 5.11 Å². The molecule has 0 radical (unpaired) electrons. The summed E-state index contributed by atoms with van der Waals surface area (Å²) in [7, 11) is -2.96. The first-order valence-corrected chi connectivity index (χ1v) is 7.50. The SMILES string of the molecule is CC[C@H](CO)NC1CCCC1S(C)(=O)=O. The third-order valence-corrected chi connectivity index (χ3v) is 4.83. The van der Waals surface area contributed by atoms with Gasteiger partial charge in [-0.25, -0.2) is 8.42 Å². The Morgan fingerprint density at radius 3 is 2.60 bits per heavy atom. The Morgan fingerprint density at radius 1 is 1.47 bits per heavy atom. The van der Waals surface area contributed by atoms with Crippen LogP contribution in [0.1, 0.15) is 32.6 Å². The highest BCUT2D eigenvalue weighted by Crippen LogP contribution is 2.25. The van der Waals surface area contributed by atoms with Gasteiger partial charge >= 0.3 is 0 Å². The summed E-state index contributed by atoms with van der Waals surface area (Å²) in [5.74, 6) is 0. The molecule has 3 atom stereocenters. The molecule has 1 rings (SSSR count). The molecule has 1 aliphatic carbocycles. The lowest BCUT2D eigenvalue weighted by Gasteiger charge is -2.24. The fraction of sp³-hybridized carbons (Fsp3) is 1.00. The van der Waals surface area contributed by atoms with Crippen LogP contribution in [0.2, 0.25) is 0 Å². The summed E-state index contributed by atoms with van der Waals surface area (Å²) in [6.07, 6.45) is 4.73. The number of nitrogens with one attached hydrogen (secondary N) is 1. The van der Waals surface area contributed by atoms with Crippen LogP contribution in [0.25, 0.3) is 0 Å². The molecule has 1 fully saturated rings. The third kappa shape index (κ3) is 3.43. The van der Waals surface area contributed by atoms with Gasteiger partial charge in [-0.15, -0.1) is 0 Å².